The topological polar surface area (TPSA) is 60.2 Å². The molecule has 5 nitrogen and oxygen atoms in total. The van der Waals surface area contributed by atoms with Crippen molar-refractivity contribution in [3.63, 3.8) is 0 Å². The maximum atomic E-state index is 9.19. The Kier molecular flexibility index (Phi) is 3.39. The van der Waals surface area contributed by atoms with Gasteiger partial charge in [0, 0.05) is 24.5 Å². The van der Waals surface area contributed by atoms with Crippen molar-refractivity contribution in [2.24, 2.45) is 7.05 Å². The van der Waals surface area contributed by atoms with E-state index in [1.54, 1.807) is 10.9 Å². The second-order valence-corrected chi connectivity index (χ2v) is 3.87. The van der Waals surface area contributed by atoms with Crippen molar-refractivity contribution in [3.05, 3.63) is 41.5 Å². The molecule has 0 spiro atoms. The van der Waals surface area contributed by atoms with Crippen LogP contribution in [0.4, 0.5) is 0 Å². The molecule has 0 bridgehead atoms. The summed E-state index contributed by atoms with van der Waals surface area (Å²) < 4.78 is 7.33. The van der Waals surface area contributed by atoms with Crippen LogP contribution in [0.25, 0.3) is 0 Å². The minimum Gasteiger partial charge on any atom is -0.487 e. The number of aryl methyl sites for hydroxylation is 2. The molecule has 0 radical (unpaired) electrons. The first-order valence-corrected chi connectivity index (χ1v) is 5.36. The fourth-order valence-electron chi connectivity index (χ4n) is 1.55. The van der Waals surface area contributed by atoms with Gasteiger partial charge in [-0.25, -0.2) is 0 Å². The molecule has 2 aromatic rings. The Bertz CT molecular complexity index is 508. The molecule has 0 saturated carbocycles. The second-order valence-electron chi connectivity index (χ2n) is 3.87. The summed E-state index contributed by atoms with van der Waals surface area (Å²) >= 11 is 0. The van der Waals surface area contributed by atoms with E-state index >= 15 is 0 Å². The van der Waals surface area contributed by atoms with E-state index in [4.69, 9.17) is 4.74 Å². The second kappa shape index (κ2) is 4.97. The molecule has 2 aromatic heterocycles. The lowest BCUT2D eigenvalue weighted by atomic mass is 10.3. The van der Waals surface area contributed by atoms with Crippen LogP contribution < -0.4 is 4.74 Å². The molecule has 0 unspecified atom stereocenters. The van der Waals surface area contributed by atoms with E-state index in [2.05, 4.69) is 10.1 Å². The monoisotopic (exact) mass is 233 g/mol. The van der Waals surface area contributed by atoms with Crippen LogP contribution in [0.15, 0.2) is 24.5 Å². The Hall–Kier alpha value is -1.88. The van der Waals surface area contributed by atoms with Gasteiger partial charge in [0.2, 0.25) is 0 Å². The van der Waals surface area contributed by atoms with Gasteiger partial charge in [-0.15, -0.1) is 0 Å². The maximum Gasteiger partial charge on any atom is 0.143 e. The van der Waals surface area contributed by atoms with Crippen molar-refractivity contribution in [3.8, 4) is 5.75 Å². The number of ether oxygens (including phenoxy) is 1. The predicted octanol–water partition coefficient (Wildman–Crippen LogP) is 1.19. The molecule has 0 fully saturated rings. The summed E-state index contributed by atoms with van der Waals surface area (Å²) in [6.07, 6.45) is 3.64. The van der Waals surface area contributed by atoms with Gasteiger partial charge >= 0.3 is 0 Å². The highest BCUT2D eigenvalue weighted by molar-refractivity contribution is 5.29. The summed E-state index contributed by atoms with van der Waals surface area (Å²) in [5.74, 6) is 0.613. The Labute approximate surface area is 99.7 Å². The van der Waals surface area contributed by atoms with Gasteiger partial charge in [0.05, 0.1) is 12.8 Å². The average molecular weight is 233 g/mol. The van der Waals surface area contributed by atoms with E-state index in [9.17, 15) is 5.11 Å². The molecule has 0 aromatic carbocycles. The van der Waals surface area contributed by atoms with Crippen molar-refractivity contribution in [2.75, 3.05) is 0 Å². The Morgan fingerprint density at radius 3 is 2.88 bits per heavy atom. The van der Waals surface area contributed by atoms with Crippen molar-refractivity contribution in [1.29, 1.82) is 0 Å². The molecule has 0 saturated heterocycles. The van der Waals surface area contributed by atoms with Crippen LogP contribution in [0, 0.1) is 6.92 Å². The van der Waals surface area contributed by atoms with Gasteiger partial charge in [-0.2, -0.15) is 5.10 Å². The summed E-state index contributed by atoms with van der Waals surface area (Å²) in [6, 6.07) is 3.68. The molecule has 5 heteroatoms. The standard InChI is InChI=1S/C12H15N3O2/c1-9-3-4-12(11(7-16)14-9)17-8-10-5-13-15(2)6-10/h3-6,16H,7-8H2,1-2H3. The number of aliphatic hydroxyl groups excluding tert-OH is 1. The molecular formula is C12H15N3O2. The highest BCUT2D eigenvalue weighted by atomic mass is 16.5. The van der Waals surface area contributed by atoms with Gasteiger partial charge < -0.3 is 9.84 Å². The van der Waals surface area contributed by atoms with Gasteiger partial charge in [-0.1, -0.05) is 0 Å². The zero-order valence-corrected chi connectivity index (χ0v) is 9.92. The van der Waals surface area contributed by atoms with Crippen LogP contribution in [-0.4, -0.2) is 19.9 Å². The summed E-state index contributed by atoms with van der Waals surface area (Å²) in [5, 5.41) is 13.2. The molecular weight excluding hydrogens is 218 g/mol. The van der Waals surface area contributed by atoms with Gasteiger partial charge in [0.15, 0.2) is 0 Å². The van der Waals surface area contributed by atoms with E-state index in [0.29, 0.717) is 18.1 Å². The third-order valence-corrected chi connectivity index (χ3v) is 2.37. The Morgan fingerprint density at radius 2 is 2.24 bits per heavy atom. The quantitative estimate of drug-likeness (QED) is 0.861. The van der Waals surface area contributed by atoms with Crippen LogP contribution in [-0.2, 0) is 20.3 Å². The van der Waals surface area contributed by atoms with Crippen LogP contribution in [0.5, 0.6) is 5.75 Å². The van der Waals surface area contributed by atoms with E-state index < -0.39 is 0 Å². The molecule has 0 aliphatic heterocycles. The lowest BCUT2D eigenvalue weighted by Gasteiger charge is -2.08. The van der Waals surface area contributed by atoms with Gasteiger partial charge in [0.25, 0.3) is 0 Å². The molecule has 0 aliphatic carbocycles. The minimum atomic E-state index is -0.121. The Balaban J connectivity index is 2.08. The zero-order chi connectivity index (χ0) is 12.3. The highest BCUT2D eigenvalue weighted by Gasteiger charge is 2.05. The summed E-state index contributed by atoms with van der Waals surface area (Å²) in [5.41, 5.74) is 2.41. The van der Waals surface area contributed by atoms with E-state index in [1.165, 1.54) is 0 Å². The predicted molar refractivity (Wildman–Crippen MR) is 62.4 cm³/mol. The molecule has 1 N–H and O–H groups in total. The molecule has 0 aliphatic rings. The molecule has 90 valence electrons. The highest BCUT2D eigenvalue weighted by Crippen LogP contribution is 2.18. The van der Waals surface area contributed by atoms with Crippen molar-refractivity contribution in [2.45, 2.75) is 20.1 Å². The third kappa shape index (κ3) is 2.82. The number of rotatable bonds is 4. The minimum absolute atomic E-state index is 0.121. The lowest BCUT2D eigenvalue weighted by molar-refractivity contribution is 0.253. The average Bonchev–Trinajstić information content (AvgIpc) is 2.73. The molecule has 17 heavy (non-hydrogen) atoms. The molecule has 2 rings (SSSR count). The Morgan fingerprint density at radius 1 is 1.41 bits per heavy atom. The number of hydrogen-bond acceptors (Lipinski definition) is 4. The number of aliphatic hydroxyl groups is 1. The SMILES string of the molecule is Cc1ccc(OCc2cnn(C)c2)c(CO)n1. The number of aromatic nitrogens is 3. The summed E-state index contributed by atoms with van der Waals surface area (Å²) in [4.78, 5) is 4.21. The normalized spacial score (nSPS) is 10.5. The van der Waals surface area contributed by atoms with Crippen LogP contribution in [0.3, 0.4) is 0 Å². The van der Waals surface area contributed by atoms with Crippen molar-refractivity contribution in [1.82, 2.24) is 14.8 Å². The number of nitrogens with zero attached hydrogens (tertiary/aromatic N) is 3. The molecule has 2 heterocycles. The summed E-state index contributed by atoms with van der Waals surface area (Å²) in [7, 11) is 1.86. The zero-order valence-electron chi connectivity index (χ0n) is 9.92. The maximum absolute atomic E-state index is 9.19. The van der Waals surface area contributed by atoms with E-state index in [1.807, 2.05) is 32.3 Å². The van der Waals surface area contributed by atoms with Gasteiger partial charge in [0.1, 0.15) is 18.1 Å². The fraction of sp³-hybridized carbons (Fsp3) is 0.333. The van der Waals surface area contributed by atoms with E-state index in [-0.39, 0.29) is 6.61 Å². The third-order valence-electron chi connectivity index (χ3n) is 2.37. The number of pyridine rings is 1. The van der Waals surface area contributed by atoms with Crippen LogP contribution in [0.1, 0.15) is 17.0 Å². The molecule has 0 atom stereocenters. The first-order chi connectivity index (χ1) is 8.19. The van der Waals surface area contributed by atoms with Crippen molar-refractivity contribution >= 4 is 0 Å². The number of hydrogen-bond donors (Lipinski definition) is 1. The van der Waals surface area contributed by atoms with Crippen LogP contribution >= 0.6 is 0 Å². The van der Waals surface area contributed by atoms with E-state index in [0.717, 1.165) is 11.3 Å². The van der Waals surface area contributed by atoms with Crippen LogP contribution in [0.2, 0.25) is 0 Å². The fourth-order valence-corrected chi connectivity index (χ4v) is 1.55. The first-order valence-electron chi connectivity index (χ1n) is 5.36. The summed E-state index contributed by atoms with van der Waals surface area (Å²) in [6.45, 7) is 2.18. The first kappa shape index (κ1) is 11.6. The largest absolute Gasteiger partial charge is 0.487 e. The lowest BCUT2D eigenvalue weighted by Crippen LogP contribution is -2.01. The van der Waals surface area contributed by atoms with Gasteiger partial charge in [-0.3, -0.25) is 9.67 Å². The smallest absolute Gasteiger partial charge is 0.143 e. The van der Waals surface area contributed by atoms with Gasteiger partial charge in [-0.05, 0) is 19.1 Å². The van der Waals surface area contributed by atoms with Crippen molar-refractivity contribution < 1.29 is 9.84 Å². The molecule has 0 amide bonds.